The zero-order chi connectivity index (χ0) is 13.4. The highest BCUT2D eigenvalue weighted by atomic mass is 79.9. The molecule has 1 aromatic rings. The van der Waals surface area contributed by atoms with E-state index < -0.39 is 6.10 Å². The number of nitrogens with zero attached hydrogens (tertiary/aromatic N) is 1. The van der Waals surface area contributed by atoms with E-state index in [-0.39, 0.29) is 5.91 Å². The zero-order valence-electron chi connectivity index (χ0n) is 10.8. The summed E-state index contributed by atoms with van der Waals surface area (Å²) in [5.41, 5.74) is 8.47. The summed E-state index contributed by atoms with van der Waals surface area (Å²) in [5, 5.41) is 0. The van der Waals surface area contributed by atoms with Gasteiger partial charge in [-0.3, -0.25) is 4.79 Å². The van der Waals surface area contributed by atoms with E-state index in [1.54, 1.807) is 11.9 Å². The van der Waals surface area contributed by atoms with Gasteiger partial charge in [0.25, 0.3) is 5.91 Å². The van der Waals surface area contributed by atoms with Crippen LogP contribution in [0.15, 0.2) is 10.5 Å². The maximum Gasteiger partial charge on any atom is 0.267 e. The van der Waals surface area contributed by atoms with Crippen LogP contribution in [0.2, 0.25) is 0 Å². The van der Waals surface area contributed by atoms with Gasteiger partial charge in [-0.1, -0.05) is 15.9 Å². The smallest absolute Gasteiger partial charge is 0.267 e. The summed E-state index contributed by atoms with van der Waals surface area (Å²) in [7, 11) is 1.78. The van der Waals surface area contributed by atoms with Gasteiger partial charge in [-0.25, -0.2) is 0 Å². The topological polar surface area (TPSA) is 55.6 Å². The van der Waals surface area contributed by atoms with Gasteiger partial charge in [0, 0.05) is 17.9 Å². The lowest BCUT2D eigenvalue weighted by Crippen LogP contribution is -2.45. The van der Waals surface area contributed by atoms with Crippen LogP contribution in [-0.4, -0.2) is 25.6 Å². The van der Waals surface area contributed by atoms with Crippen molar-refractivity contribution in [3.05, 3.63) is 21.7 Å². The highest BCUT2D eigenvalue weighted by Gasteiger charge is 2.33. The number of anilines is 1. The predicted octanol–water partition coefficient (Wildman–Crippen LogP) is 2.14. The Morgan fingerprint density at radius 3 is 2.78 bits per heavy atom. The zero-order valence-corrected chi connectivity index (χ0v) is 12.4. The van der Waals surface area contributed by atoms with Crippen LogP contribution in [-0.2, 0) is 4.79 Å². The van der Waals surface area contributed by atoms with Crippen LogP contribution in [0.4, 0.5) is 5.69 Å². The molecule has 1 unspecified atom stereocenters. The fraction of sp³-hybridized carbons (Fsp3) is 0.462. The van der Waals surface area contributed by atoms with Crippen LogP contribution >= 0.6 is 15.9 Å². The van der Waals surface area contributed by atoms with Crippen molar-refractivity contribution in [3.63, 3.8) is 0 Å². The van der Waals surface area contributed by atoms with Crippen molar-refractivity contribution in [2.75, 3.05) is 18.5 Å². The second-order valence-electron chi connectivity index (χ2n) is 4.56. The lowest BCUT2D eigenvalue weighted by Gasteiger charge is -2.33. The minimum atomic E-state index is -0.465. The summed E-state index contributed by atoms with van der Waals surface area (Å²) >= 11 is 3.54. The van der Waals surface area contributed by atoms with E-state index in [2.05, 4.69) is 15.9 Å². The Hall–Kier alpha value is -1.07. The second kappa shape index (κ2) is 4.90. The van der Waals surface area contributed by atoms with Crippen molar-refractivity contribution in [1.82, 2.24) is 0 Å². The first kappa shape index (κ1) is 13.4. The summed E-state index contributed by atoms with van der Waals surface area (Å²) in [6, 6.07) is 1.96. The number of halogens is 1. The molecule has 2 N–H and O–H groups in total. The van der Waals surface area contributed by atoms with E-state index in [1.807, 2.05) is 19.9 Å². The van der Waals surface area contributed by atoms with Gasteiger partial charge >= 0.3 is 0 Å². The molecule has 1 aliphatic rings. The van der Waals surface area contributed by atoms with Crippen molar-refractivity contribution in [3.8, 4) is 5.75 Å². The van der Waals surface area contributed by atoms with E-state index in [1.165, 1.54) is 0 Å². The fourth-order valence-corrected chi connectivity index (χ4v) is 2.59. The first-order valence-electron chi connectivity index (χ1n) is 5.91. The fourth-order valence-electron chi connectivity index (χ4n) is 2.28. The molecule has 0 fully saturated rings. The van der Waals surface area contributed by atoms with Crippen molar-refractivity contribution < 1.29 is 9.53 Å². The number of amides is 1. The Morgan fingerprint density at radius 1 is 1.50 bits per heavy atom. The minimum absolute atomic E-state index is 0.0354. The third-order valence-corrected chi connectivity index (χ3v) is 4.47. The quantitative estimate of drug-likeness (QED) is 0.910. The maximum absolute atomic E-state index is 12.2. The number of benzene rings is 1. The molecule has 18 heavy (non-hydrogen) atoms. The molecule has 98 valence electrons. The molecule has 1 atom stereocenters. The third-order valence-electron chi connectivity index (χ3n) is 3.25. The summed E-state index contributed by atoms with van der Waals surface area (Å²) in [6.45, 7) is 4.43. The first-order chi connectivity index (χ1) is 8.47. The van der Waals surface area contributed by atoms with Gasteiger partial charge in [0.1, 0.15) is 5.75 Å². The first-order valence-corrected chi connectivity index (χ1v) is 6.70. The van der Waals surface area contributed by atoms with E-state index in [0.29, 0.717) is 13.0 Å². The minimum Gasteiger partial charge on any atom is -0.478 e. The maximum atomic E-state index is 12.2. The molecule has 1 amide bonds. The molecule has 1 heterocycles. The lowest BCUT2D eigenvalue weighted by molar-refractivity contribution is -0.126. The van der Waals surface area contributed by atoms with Gasteiger partial charge in [0.05, 0.1) is 5.69 Å². The molecule has 2 rings (SSSR count). The van der Waals surface area contributed by atoms with Crippen molar-refractivity contribution in [1.29, 1.82) is 0 Å². The van der Waals surface area contributed by atoms with Gasteiger partial charge in [-0.05, 0) is 37.6 Å². The molecular weight excluding hydrogens is 296 g/mol. The Morgan fingerprint density at radius 2 is 2.17 bits per heavy atom. The average Bonchev–Trinajstić information content (AvgIpc) is 2.33. The van der Waals surface area contributed by atoms with E-state index in [0.717, 1.165) is 27.0 Å². The van der Waals surface area contributed by atoms with Crippen molar-refractivity contribution in [2.45, 2.75) is 26.4 Å². The molecule has 0 saturated carbocycles. The number of nitrogens with two attached hydrogens (primary N) is 1. The van der Waals surface area contributed by atoms with Crippen LogP contribution in [0.25, 0.3) is 0 Å². The number of hydrogen-bond acceptors (Lipinski definition) is 3. The Kier molecular flexibility index (Phi) is 3.64. The van der Waals surface area contributed by atoms with Crippen LogP contribution in [0, 0.1) is 13.8 Å². The molecule has 4 nitrogen and oxygen atoms in total. The normalized spacial score (nSPS) is 18.6. The standard InChI is InChI=1S/C13H17BrN2O2/c1-7-6-10-12(8(2)11(7)14)16(3)13(17)9(18-10)4-5-15/h6,9H,4-5,15H2,1-3H3. The van der Waals surface area contributed by atoms with Crippen LogP contribution < -0.4 is 15.4 Å². The number of carbonyl (C=O) groups excluding carboxylic acids is 1. The average molecular weight is 313 g/mol. The molecule has 5 heteroatoms. The SMILES string of the molecule is Cc1cc2c(c(C)c1Br)N(C)C(=O)C(CCN)O2. The van der Waals surface area contributed by atoms with Crippen LogP contribution in [0.3, 0.4) is 0 Å². The molecule has 0 saturated heterocycles. The number of aryl methyl sites for hydroxylation is 1. The largest absolute Gasteiger partial charge is 0.478 e. The molecule has 0 aromatic heterocycles. The second-order valence-corrected chi connectivity index (χ2v) is 5.35. The predicted molar refractivity (Wildman–Crippen MR) is 75.1 cm³/mol. The van der Waals surface area contributed by atoms with Gasteiger partial charge < -0.3 is 15.4 Å². The van der Waals surface area contributed by atoms with Crippen molar-refractivity contribution >= 4 is 27.5 Å². The van der Waals surface area contributed by atoms with Crippen LogP contribution in [0.5, 0.6) is 5.75 Å². The number of likely N-dealkylation sites (N-methyl/N-ethyl adjacent to an activating group) is 1. The monoisotopic (exact) mass is 312 g/mol. The summed E-state index contributed by atoms with van der Waals surface area (Å²) in [5.74, 6) is 0.723. The van der Waals surface area contributed by atoms with Gasteiger partial charge in [-0.15, -0.1) is 0 Å². The number of fused-ring (bicyclic) bond motifs is 1. The molecule has 0 radical (unpaired) electrons. The number of carbonyl (C=O) groups is 1. The summed E-state index contributed by atoms with van der Waals surface area (Å²) < 4.78 is 6.80. The summed E-state index contributed by atoms with van der Waals surface area (Å²) in [6.07, 6.45) is 0.0732. The van der Waals surface area contributed by atoms with Crippen LogP contribution in [0.1, 0.15) is 17.5 Å². The molecule has 1 aliphatic heterocycles. The molecule has 0 bridgehead atoms. The highest BCUT2D eigenvalue weighted by Crippen LogP contribution is 2.41. The van der Waals surface area contributed by atoms with Gasteiger partial charge in [0.2, 0.25) is 0 Å². The highest BCUT2D eigenvalue weighted by molar-refractivity contribution is 9.10. The molecule has 0 spiro atoms. The van der Waals surface area contributed by atoms with Crippen molar-refractivity contribution in [2.24, 2.45) is 5.73 Å². The Labute approximate surface area is 115 Å². The Bertz CT molecular complexity index is 502. The number of hydrogen-bond donors (Lipinski definition) is 1. The van der Waals surface area contributed by atoms with E-state index >= 15 is 0 Å². The molecular formula is C13H17BrN2O2. The summed E-state index contributed by atoms with van der Waals surface area (Å²) in [4.78, 5) is 13.8. The number of rotatable bonds is 2. The van der Waals surface area contributed by atoms with E-state index in [4.69, 9.17) is 10.5 Å². The third kappa shape index (κ3) is 2.01. The molecule has 0 aliphatic carbocycles. The Balaban J connectivity index is 2.52. The number of ether oxygens (including phenoxy) is 1. The van der Waals surface area contributed by atoms with Gasteiger partial charge in [0.15, 0.2) is 6.10 Å². The lowest BCUT2D eigenvalue weighted by atomic mass is 10.1. The molecule has 1 aromatic carbocycles. The van der Waals surface area contributed by atoms with E-state index in [9.17, 15) is 4.79 Å². The van der Waals surface area contributed by atoms with Gasteiger partial charge in [-0.2, -0.15) is 0 Å².